The van der Waals surface area contributed by atoms with Gasteiger partial charge in [-0.1, -0.05) is 13.3 Å². The van der Waals surface area contributed by atoms with Crippen LogP contribution in [0.15, 0.2) is 0 Å². The van der Waals surface area contributed by atoms with Gasteiger partial charge in [-0.25, -0.2) is 0 Å². The molecule has 2 rings (SSSR count). The van der Waals surface area contributed by atoms with E-state index in [0.717, 1.165) is 6.54 Å². The summed E-state index contributed by atoms with van der Waals surface area (Å²) in [6.45, 7) is 5.59. The molecule has 2 aliphatic rings. The minimum atomic E-state index is 0.386. The Bertz CT molecular complexity index is 174. The number of nitrogens with two attached hydrogens (primary N) is 1. The highest BCUT2D eigenvalue weighted by Crippen LogP contribution is 2.53. The molecule has 0 spiro atoms. The third kappa shape index (κ3) is 0.944. The van der Waals surface area contributed by atoms with E-state index in [4.69, 9.17) is 5.73 Å². The lowest BCUT2D eigenvalue weighted by atomic mass is 9.75. The van der Waals surface area contributed by atoms with Crippen molar-refractivity contribution in [2.24, 2.45) is 11.1 Å². The fourth-order valence-corrected chi connectivity index (χ4v) is 3.17. The molecule has 1 aliphatic heterocycles. The van der Waals surface area contributed by atoms with Crippen molar-refractivity contribution >= 4 is 0 Å². The molecule has 0 aromatic heterocycles. The summed E-state index contributed by atoms with van der Waals surface area (Å²) < 4.78 is 0. The summed E-state index contributed by atoms with van der Waals surface area (Å²) in [6, 6.07) is 0.570. The Hall–Kier alpha value is -0.0800. The van der Waals surface area contributed by atoms with Crippen LogP contribution in [0.1, 0.15) is 39.5 Å². The van der Waals surface area contributed by atoms with Crippen molar-refractivity contribution in [3.05, 3.63) is 0 Å². The summed E-state index contributed by atoms with van der Waals surface area (Å²) >= 11 is 0. The van der Waals surface area contributed by atoms with Crippen LogP contribution in [-0.4, -0.2) is 18.1 Å². The van der Waals surface area contributed by atoms with Crippen LogP contribution in [0.4, 0.5) is 0 Å². The summed E-state index contributed by atoms with van der Waals surface area (Å²) in [7, 11) is 0. The second kappa shape index (κ2) is 2.46. The lowest BCUT2D eigenvalue weighted by Gasteiger charge is -2.33. The molecule has 0 amide bonds. The highest BCUT2D eigenvalue weighted by atomic mass is 15.1. The van der Waals surface area contributed by atoms with E-state index < -0.39 is 0 Å². The molecule has 2 fully saturated rings. The molecular weight excluding hydrogens is 148 g/mol. The molecule has 2 heteroatoms. The summed E-state index contributed by atoms with van der Waals surface area (Å²) in [5, 5.41) is 3.69. The maximum absolute atomic E-state index is 5.69. The van der Waals surface area contributed by atoms with Gasteiger partial charge in [-0.05, 0) is 31.6 Å². The van der Waals surface area contributed by atoms with Gasteiger partial charge < -0.3 is 11.1 Å². The second-order valence-corrected chi connectivity index (χ2v) is 5.03. The zero-order valence-electron chi connectivity index (χ0n) is 8.19. The van der Waals surface area contributed by atoms with Crippen LogP contribution >= 0.6 is 0 Å². The van der Waals surface area contributed by atoms with E-state index in [1.165, 1.54) is 25.7 Å². The number of rotatable bonds is 1. The van der Waals surface area contributed by atoms with E-state index in [9.17, 15) is 0 Å². The van der Waals surface area contributed by atoms with Crippen molar-refractivity contribution in [3.8, 4) is 0 Å². The van der Waals surface area contributed by atoms with Gasteiger partial charge in [0.1, 0.15) is 0 Å². The van der Waals surface area contributed by atoms with Gasteiger partial charge in [0.05, 0.1) is 0 Å². The van der Waals surface area contributed by atoms with Gasteiger partial charge in [-0.2, -0.15) is 0 Å². The molecule has 3 N–H and O–H groups in total. The van der Waals surface area contributed by atoms with Gasteiger partial charge in [0.15, 0.2) is 0 Å². The fourth-order valence-electron chi connectivity index (χ4n) is 3.17. The third-order valence-electron chi connectivity index (χ3n) is 4.24. The molecule has 0 aromatic carbocycles. The fraction of sp³-hybridized carbons (Fsp3) is 1.00. The van der Waals surface area contributed by atoms with Crippen LogP contribution in [0, 0.1) is 5.41 Å². The second-order valence-electron chi connectivity index (χ2n) is 5.03. The van der Waals surface area contributed by atoms with Gasteiger partial charge in [0, 0.05) is 18.1 Å². The Morgan fingerprint density at radius 3 is 2.75 bits per heavy atom. The Morgan fingerprint density at radius 1 is 1.42 bits per heavy atom. The predicted molar refractivity (Wildman–Crippen MR) is 51.0 cm³/mol. The Labute approximate surface area is 74.9 Å². The van der Waals surface area contributed by atoms with Gasteiger partial charge in [-0.3, -0.25) is 0 Å². The van der Waals surface area contributed by atoms with E-state index in [-0.39, 0.29) is 0 Å². The molecule has 1 saturated carbocycles. The molecule has 0 bridgehead atoms. The average molecular weight is 168 g/mol. The van der Waals surface area contributed by atoms with E-state index in [1.807, 2.05) is 0 Å². The average Bonchev–Trinajstić information content (AvgIpc) is 2.38. The first-order chi connectivity index (χ1) is 5.60. The third-order valence-corrected chi connectivity index (χ3v) is 4.24. The minimum Gasteiger partial charge on any atom is -0.329 e. The van der Waals surface area contributed by atoms with Crippen molar-refractivity contribution < 1.29 is 0 Å². The Kier molecular flexibility index (Phi) is 1.74. The lowest BCUT2D eigenvalue weighted by molar-refractivity contribution is 0.224. The summed E-state index contributed by atoms with van der Waals surface area (Å²) in [5.74, 6) is 0. The van der Waals surface area contributed by atoms with Crippen molar-refractivity contribution in [2.45, 2.75) is 51.1 Å². The zero-order chi connectivity index (χ0) is 8.82. The first-order valence-electron chi connectivity index (χ1n) is 5.07. The topological polar surface area (TPSA) is 38.0 Å². The zero-order valence-corrected chi connectivity index (χ0v) is 8.19. The molecular formula is C10H20N2. The van der Waals surface area contributed by atoms with Crippen LogP contribution in [0.3, 0.4) is 0 Å². The highest BCUT2D eigenvalue weighted by molar-refractivity contribution is 5.11. The minimum absolute atomic E-state index is 0.386. The van der Waals surface area contributed by atoms with E-state index in [0.29, 0.717) is 17.0 Å². The first kappa shape index (κ1) is 8.52. The molecule has 2 nitrogen and oxygen atoms in total. The van der Waals surface area contributed by atoms with Gasteiger partial charge in [0.25, 0.3) is 0 Å². The van der Waals surface area contributed by atoms with E-state index in [2.05, 4.69) is 19.2 Å². The Morgan fingerprint density at radius 2 is 2.17 bits per heavy atom. The largest absolute Gasteiger partial charge is 0.329 e. The summed E-state index contributed by atoms with van der Waals surface area (Å²) in [4.78, 5) is 0. The molecule has 3 atom stereocenters. The highest BCUT2D eigenvalue weighted by Gasteiger charge is 2.54. The van der Waals surface area contributed by atoms with E-state index in [1.54, 1.807) is 0 Å². The van der Waals surface area contributed by atoms with Crippen LogP contribution in [0.25, 0.3) is 0 Å². The van der Waals surface area contributed by atoms with Crippen molar-refractivity contribution in [1.82, 2.24) is 5.32 Å². The first-order valence-corrected chi connectivity index (χ1v) is 5.07. The molecule has 1 aliphatic carbocycles. The Balaban J connectivity index is 2.19. The van der Waals surface area contributed by atoms with Crippen LogP contribution in [-0.2, 0) is 0 Å². The van der Waals surface area contributed by atoms with Gasteiger partial charge >= 0.3 is 0 Å². The van der Waals surface area contributed by atoms with Crippen LogP contribution < -0.4 is 11.1 Å². The molecule has 12 heavy (non-hydrogen) atoms. The molecule has 70 valence electrons. The number of hydrogen-bond acceptors (Lipinski definition) is 2. The normalized spacial score (nSPS) is 52.8. The standard InChI is InChI=1S/C10H20N2/c1-9-4-3-5-10(9,2)12-8(6-9)7-11/h8,12H,3-7,11H2,1-2H3/t8?,9-,10-/m0/s1. The lowest BCUT2D eigenvalue weighted by Crippen LogP contribution is -2.46. The van der Waals surface area contributed by atoms with Crippen LogP contribution in [0.2, 0.25) is 0 Å². The SMILES string of the molecule is C[C@@]12CCC[C@]1(C)NC(CN)C2. The number of nitrogens with one attached hydrogen (secondary N) is 1. The van der Waals surface area contributed by atoms with Gasteiger partial charge in [-0.15, -0.1) is 0 Å². The number of hydrogen-bond donors (Lipinski definition) is 2. The monoisotopic (exact) mass is 168 g/mol. The molecule has 0 radical (unpaired) electrons. The van der Waals surface area contributed by atoms with Crippen molar-refractivity contribution in [3.63, 3.8) is 0 Å². The summed E-state index contributed by atoms with van der Waals surface area (Å²) in [6.07, 6.45) is 5.38. The quantitative estimate of drug-likeness (QED) is 0.618. The molecule has 0 aromatic rings. The molecule has 1 unspecified atom stereocenters. The summed E-state index contributed by atoms with van der Waals surface area (Å²) in [5.41, 5.74) is 6.60. The van der Waals surface area contributed by atoms with Crippen molar-refractivity contribution in [1.29, 1.82) is 0 Å². The maximum Gasteiger partial charge on any atom is 0.0210 e. The smallest absolute Gasteiger partial charge is 0.0210 e. The predicted octanol–water partition coefficient (Wildman–Crippen LogP) is 1.26. The van der Waals surface area contributed by atoms with Gasteiger partial charge in [0.2, 0.25) is 0 Å². The van der Waals surface area contributed by atoms with E-state index >= 15 is 0 Å². The number of fused-ring (bicyclic) bond motifs is 1. The maximum atomic E-state index is 5.69. The van der Waals surface area contributed by atoms with Crippen LogP contribution in [0.5, 0.6) is 0 Å². The molecule has 1 saturated heterocycles. The van der Waals surface area contributed by atoms with Crippen molar-refractivity contribution in [2.75, 3.05) is 6.54 Å². The molecule has 1 heterocycles.